The van der Waals surface area contributed by atoms with Crippen molar-refractivity contribution in [3.05, 3.63) is 29.8 Å². The van der Waals surface area contributed by atoms with Crippen LogP contribution in [-0.2, 0) is 6.42 Å². The van der Waals surface area contributed by atoms with Crippen molar-refractivity contribution < 1.29 is 4.79 Å². The zero-order valence-corrected chi connectivity index (χ0v) is 16.5. The van der Waals surface area contributed by atoms with Crippen LogP contribution >= 0.6 is 11.8 Å². The minimum absolute atomic E-state index is 0.0343. The monoisotopic (exact) mass is 347 g/mol. The van der Waals surface area contributed by atoms with E-state index in [2.05, 4.69) is 47.6 Å². The van der Waals surface area contributed by atoms with E-state index in [4.69, 9.17) is 4.99 Å². The first-order valence-electron chi connectivity index (χ1n) is 8.69. The van der Waals surface area contributed by atoms with E-state index in [0.29, 0.717) is 5.88 Å². The number of hydrogen-bond donors (Lipinski definition) is 0. The van der Waals surface area contributed by atoms with Crippen LogP contribution in [0.5, 0.6) is 0 Å². The SMILES string of the molecule is CCc1ccccc1N1CS/C(=N\C(C)(C)C)N(C(C)CC)C1=O. The number of benzene rings is 1. The molecule has 0 bridgehead atoms. The number of nitrogens with zero attached hydrogens (tertiary/aromatic N) is 3. The largest absolute Gasteiger partial charge is 0.331 e. The van der Waals surface area contributed by atoms with Gasteiger partial charge in [-0.05, 0) is 52.2 Å². The Bertz CT molecular complexity index is 621. The summed E-state index contributed by atoms with van der Waals surface area (Å²) in [5, 5.41) is 0.840. The number of hydrogen-bond acceptors (Lipinski definition) is 3. The van der Waals surface area contributed by atoms with Gasteiger partial charge in [0.2, 0.25) is 0 Å². The predicted octanol–water partition coefficient (Wildman–Crippen LogP) is 5.13. The predicted molar refractivity (Wildman–Crippen MR) is 105 cm³/mol. The van der Waals surface area contributed by atoms with E-state index in [1.165, 1.54) is 5.56 Å². The Labute approximate surface area is 150 Å². The van der Waals surface area contributed by atoms with Gasteiger partial charge in [-0.3, -0.25) is 14.8 Å². The molecular formula is C19H29N3OS. The molecule has 1 saturated heterocycles. The van der Waals surface area contributed by atoms with Crippen molar-refractivity contribution in [2.75, 3.05) is 10.8 Å². The molecule has 0 radical (unpaired) electrons. The Morgan fingerprint density at radius 3 is 2.50 bits per heavy atom. The normalized spacial score (nSPS) is 19.1. The second kappa shape index (κ2) is 7.60. The Balaban J connectivity index is 2.41. The maximum absolute atomic E-state index is 13.2. The second-order valence-electron chi connectivity index (χ2n) is 7.16. The summed E-state index contributed by atoms with van der Waals surface area (Å²) in [4.78, 5) is 21.8. The van der Waals surface area contributed by atoms with Crippen molar-refractivity contribution in [2.24, 2.45) is 4.99 Å². The lowest BCUT2D eigenvalue weighted by Gasteiger charge is -2.40. The van der Waals surface area contributed by atoms with Gasteiger partial charge in [0.25, 0.3) is 0 Å². The first-order valence-corrected chi connectivity index (χ1v) is 9.68. The molecule has 0 aliphatic carbocycles. The summed E-state index contributed by atoms with van der Waals surface area (Å²) in [7, 11) is 0. The van der Waals surface area contributed by atoms with Crippen molar-refractivity contribution >= 4 is 28.6 Å². The molecular weight excluding hydrogens is 318 g/mol. The molecule has 0 aromatic heterocycles. The fourth-order valence-corrected chi connectivity index (χ4v) is 3.87. The third-order valence-electron chi connectivity index (χ3n) is 4.09. The van der Waals surface area contributed by atoms with Crippen LogP contribution in [0.1, 0.15) is 53.5 Å². The molecule has 1 aliphatic rings. The van der Waals surface area contributed by atoms with Crippen molar-refractivity contribution in [1.29, 1.82) is 0 Å². The van der Waals surface area contributed by atoms with Crippen molar-refractivity contribution in [2.45, 2.75) is 66.0 Å². The average Bonchev–Trinajstić information content (AvgIpc) is 2.53. The number of thioether (sulfide) groups is 1. The molecule has 1 aromatic rings. The van der Waals surface area contributed by atoms with Crippen LogP contribution in [0.4, 0.5) is 10.5 Å². The second-order valence-corrected chi connectivity index (χ2v) is 8.07. The number of aryl methyl sites for hydroxylation is 1. The van der Waals surface area contributed by atoms with Gasteiger partial charge in [0.1, 0.15) is 0 Å². The van der Waals surface area contributed by atoms with Crippen molar-refractivity contribution in [3.8, 4) is 0 Å². The van der Waals surface area contributed by atoms with Gasteiger partial charge in [0.05, 0.1) is 11.4 Å². The lowest BCUT2D eigenvalue weighted by atomic mass is 10.1. The highest BCUT2D eigenvalue weighted by molar-refractivity contribution is 8.14. The zero-order chi connectivity index (χ0) is 17.9. The quantitative estimate of drug-likeness (QED) is 0.756. The van der Waals surface area contributed by atoms with E-state index in [1.807, 2.05) is 28.0 Å². The molecule has 1 aliphatic heterocycles. The van der Waals surface area contributed by atoms with Crippen LogP contribution in [0, 0.1) is 0 Å². The molecule has 2 rings (SSSR count). The van der Waals surface area contributed by atoms with Crippen LogP contribution in [0.25, 0.3) is 0 Å². The summed E-state index contributed by atoms with van der Waals surface area (Å²) >= 11 is 1.65. The summed E-state index contributed by atoms with van der Waals surface area (Å²) in [6.07, 6.45) is 1.82. The summed E-state index contributed by atoms with van der Waals surface area (Å²) < 4.78 is 0. The molecule has 2 amide bonds. The minimum atomic E-state index is -0.197. The number of amides is 2. The number of para-hydroxylation sites is 1. The van der Waals surface area contributed by atoms with Crippen LogP contribution in [0.15, 0.2) is 29.3 Å². The van der Waals surface area contributed by atoms with E-state index < -0.39 is 0 Å². The molecule has 5 heteroatoms. The third-order valence-corrected chi connectivity index (χ3v) is 5.03. The van der Waals surface area contributed by atoms with Crippen molar-refractivity contribution in [1.82, 2.24) is 4.90 Å². The number of anilines is 1. The number of carbonyl (C=O) groups is 1. The lowest BCUT2D eigenvalue weighted by molar-refractivity contribution is 0.217. The van der Waals surface area contributed by atoms with Gasteiger partial charge < -0.3 is 0 Å². The topological polar surface area (TPSA) is 35.9 Å². The van der Waals surface area contributed by atoms with Gasteiger partial charge in [0.15, 0.2) is 5.17 Å². The summed E-state index contributed by atoms with van der Waals surface area (Å²) in [5.41, 5.74) is 2.02. The van der Waals surface area contributed by atoms with E-state index >= 15 is 0 Å². The molecule has 24 heavy (non-hydrogen) atoms. The van der Waals surface area contributed by atoms with Crippen LogP contribution in [0.3, 0.4) is 0 Å². The number of aliphatic imine (C=N–C) groups is 1. The van der Waals surface area contributed by atoms with Gasteiger partial charge in [-0.15, -0.1) is 0 Å². The van der Waals surface area contributed by atoms with Crippen LogP contribution in [-0.4, -0.2) is 33.6 Å². The highest BCUT2D eigenvalue weighted by Gasteiger charge is 2.36. The van der Waals surface area contributed by atoms with Gasteiger partial charge >= 0.3 is 6.03 Å². The highest BCUT2D eigenvalue weighted by atomic mass is 32.2. The molecule has 1 fully saturated rings. The summed E-state index contributed by atoms with van der Waals surface area (Å²) in [6.45, 7) is 12.5. The third kappa shape index (κ3) is 4.12. The van der Waals surface area contributed by atoms with E-state index in [0.717, 1.165) is 23.7 Å². The Morgan fingerprint density at radius 1 is 1.25 bits per heavy atom. The molecule has 0 spiro atoms. The van der Waals surface area contributed by atoms with Crippen LogP contribution in [0.2, 0.25) is 0 Å². The van der Waals surface area contributed by atoms with Gasteiger partial charge in [-0.2, -0.15) is 0 Å². The molecule has 4 nitrogen and oxygen atoms in total. The molecule has 1 unspecified atom stereocenters. The lowest BCUT2D eigenvalue weighted by Crippen LogP contribution is -2.54. The first kappa shape index (κ1) is 18.8. The number of amidine groups is 1. The number of carbonyl (C=O) groups excluding carboxylic acids is 1. The molecule has 1 atom stereocenters. The molecule has 132 valence electrons. The smallest absolute Gasteiger partial charge is 0.284 e. The average molecular weight is 348 g/mol. The fraction of sp³-hybridized carbons (Fsp3) is 0.579. The molecule has 1 heterocycles. The highest BCUT2D eigenvalue weighted by Crippen LogP contribution is 2.31. The van der Waals surface area contributed by atoms with Gasteiger partial charge in [-0.25, -0.2) is 4.79 Å². The molecule has 1 aromatic carbocycles. The number of urea groups is 1. The summed E-state index contributed by atoms with van der Waals surface area (Å²) in [5.74, 6) is 0.609. The number of rotatable bonds is 4. The van der Waals surface area contributed by atoms with Gasteiger partial charge in [0, 0.05) is 11.7 Å². The molecule has 0 saturated carbocycles. The maximum Gasteiger partial charge on any atom is 0.331 e. The maximum atomic E-state index is 13.2. The Morgan fingerprint density at radius 2 is 1.92 bits per heavy atom. The van der Waals surface area contributed by atoms with E-state index in [1.54, 1.807) is 11.8 Å². The van der Waals surface area contributed by atoms with Crippen LogP contribution < -0.4 is 4.90 Å². The molecule has 0 N–H and O–H groups in total. The standard InChI is InChI=1S/C19H29N3OS/c1-7-14(3)22-17(20-19(4,5)6)24-13-21(18(22)23)16-12-10-9-11-15(16)8-2/h9-12,14H,7-8,13H2,1-6H3/b20-17-. The van der Waals surface area contributed by atoms with E-state index in [9.17, 15) is 4.79 Å². The zero-order valence-electron chi connectivity index (χ0n) is 15.7. The fourth-order valence-electron chi connectivity index (χ4n) is 2.64. The van der Waals surface area contributed by atoms with E-state index in [-0.39, 0.29) is 17.6 Å². The Hall–Kier alpha value is -1.49. The first-order chi connectivity index (χ1) is 11.3. The summed E-state index contributed by atoms with van der Waals surface area (Å²) in [6, 6.07) is 8.33. The minimum Gasteiger partial charge on any atom is -0.284 e. The van der Waals surface area contributed by atoms with Gasteiger partial charge in [-0.1, -0.05) is 43.8 Å². The van der Waals surface area contributed by atoms with Crippen molar-refractivity contribution in [3.63, 3.8) is 0 Å². The Kier molecular flexibility index (Phi) is 5.97.